The van der Waals surface area contributed by atoms with Gasteiger partial charge in [0.25, 0.3) is 11.1 Å². The van der Waals surface area contributed by atoms with Crippen molar-refractivity contribution < 1.29 is 9.21 Å². The van der Waals surface area contributed by atoms with Crippen LogP contribution in [0.4, 0.5) is 0 Å². The van der Waals surface area contributed by atoms with E-state index in [2.05, 4.69) is 10.2 Å². The van der Waals surface area contributed by atoms with Crippen LogP contribution in [0, 0.1) is 0 Å². The van der Waals surface area contributed by atoms with E-state index in [1.807, 2.05) is 73.5 Å². The van der Waals surface area contributed by atoms with E-state index in [-0.39, 0.29) is 17.2 Å². The third-order valence-corrected chi connectivity index (χ3v) is 5.41. The number of carbonyl (C=O) groups excluding carboxylic acids is 1. The molecule has 0 radical (unpaired) electrons. The van der Waals surface area contributed by atoms with Crippen molar-refractivity contribution in [3.05, 3.63) is 53.4 Å². The highest BCUT2D eigenvalue weighted by Gasteiger charge is 2.27. The van der Waals surface area contributed by atoms with E-state index in [1.54, 1.807) is 11.3 Å². The molecule has 0 saturated heterocycles. The molecule has 0 saturated carbocycles. The standard InChI is InChI=1S/C19H21N3O2S2/c1-19(2,3)22(12-14-8-5-4-6-9-14)16(23)13-26-18-21-20-17(24-18)15-10-7-11-25-15/h4-11H,12-13H2,1-3H3. The average molecular weight is 388 g/mol. The van der Waals surface area contributed by atoms with E-state index in [4.69, 9.17) is 4.42 Å². The van der Waals surface area contributed by atoms with E-state index in [0.717, 1.165) is 10.4 Å². The molecule has 0 fully saturated rings. The zero-order chi connectivity index (χ0) is 18.6. The van der Waals surface area contributed by atoms with Crippen LogP contribution in [0.1, 0.15) is 26.3 Å². The average Bonchev–Trinajstić information content (AvgIpc) is 3.28. The number of aromatic nitrogens is 2. The van der Waals surface area contributed by atoms with Gasteiger partial charge in [0.05, 0.1) is 10.6 Å². The molecular weight excluding hydrogens is 366 g/mol. The third kappa shape index (κ3) is 4.74. The van der Waals surface area contributed by atoms with Gasteiger partial charge in [0, 0.05) is 12.1 Å². The molecule has 0 atom stereocenters. The predicted molar refractivity (Wildman–Crippen MR) is 105 cm³/mol. The molecule has 0 spiro atoms. The Hall–Kier alpha value is -2.12. The summed E-state index contributed by atoms with van der Waals surface area (Å²) in [7, 11) is 0. The number of hydrogen-bond donors (Lipinski definition) is 0. The normalized spacial score (nSPS) is 11.5. The maximum absolute atomic E-state index is 12.8. The van der Waals surface area contributed by atoms with E-state index in [0.29, 0.717) is 17.7 Å². The zero-order valence-corrected chi connectivity index (χ0v) is 16.6. The lowest BCUT2D eigenvalue weighted by Crippen LogP contribution is -2.45. The highest BCUT2D eigenvalue weighted by atomic mass is 32.2. The SMILES string of the molecule is CC(C)(C)N(Cc1ccccc1)C(=O)CSc1nnc(-c2cccs2)o1. The summed E-state index contributed by atoms with van der Waals surface area (Å²) in [5.41, 5.74) is 0.836. The maximum atomic E-state index is 12.8. The Bertz CT molecular complexity index is 839. The molecule has 5 nitrogen and oxygen atoms in total. The minimum Gasteiger partial charge on any atom is -0.410 e. The first-order valence-electron chi connectivity index (χ1n) is 8.28. The van der Waals surface area contributed by atoms with Crippen LogP contribution in [-0.2, 0) is 11.3 Å². The van der Waals surface area contributed by atoms with Crippen LogP contribution in [0.5, 0.6) is 0 Å². The lowest BCUT2D eigenvalue weighted by Gasteiger charge is -2.35. The number of benzene rings is 1. The number of hydrogen-bond acceptors (Lipinski definition) is 6. The Labute approximate surface area is 161 Å². The van der Waals surface area contributed by atoms with E-state index in [1.165, 1.54) is 11.8 Å². The Balaban J connectivity index is 1.64. The van der Waals surface area contributed by atoms with Crippen LogP contribution >= 0.6 is 23.1 Å². The fourth-order valence-electron chi connectivity index (χ4n) is 2.43. The van der Waals surface area contributed by atoms with Crippen molar-refractivity contribution in [3.63, 3.8) is 0 Å². The monoisotopic (exact) mass is 387 g/mol. The van der Waals surface area contributed by atoms with Gasteiger partial charge in [0.1, 0.15) is 0 Å². The van der Waals surface area contributed by atoms with Gasteiger partial charge in [-0.25, -0.2) is 0 Å². The van der Waals surface area contributed by atoms with Crippen molar-refractivity contribution in [3.8, 4) is 10.8 Å². The van der Waals surface area contributed by atoms with Crippen molar-refractivity contribution in [2.75, 3.05) is 5.75 Å². The quantitative estimate of drug-likeness (QED) is 0.573. The van der Waals surface area contributed by atoms with Crippen LogP contribution < -0.4 is 0 Å². The first kappa shape index (κ1) is 18.7. The number of rotatable bonds is 6. The van der Waals surface area contributed by atoms with E-state index >= 15 is 0 Å². The summed E-state index contributed by atoms with van der Waals surface area (Å²) in [5.74, 6) is 0.796. The van der Waals surface area contributed by atoms with Crippen LogP contribution in [0.15, 0.2) is 57.5 Å². The summed E-state index contributed by atoms with van der Waals surface area (Å²) in [6.07, 6.45) is 0. The second-order valence-electron chi connectivity index (χ2n) is 6.78. The molecule has 3 aromatic rings. The van der Waals surface area contributed by atoms with Crippen molar-refractivity contribution in [1.82, 2.24) is 15.1 Å². The topological polar surface area (TPSA) is 59.2 Å². The number of amides is 1. The van der Waals surface area contributed by atoms with Gasteiger partial charge in [0.15, 0.2) is 0 Å². The fourth-order valence-corrected chi connectivity index (χ4v) is 3.72. The van der Waals surface area contributed by atoms with Crippen molar-refractivity contribution in [1.29, 1.82) is 0 Å². The molecule has 0 aliphatic rings. The van der Waals surface area contributed by atoms with E-state index in [9.17, 15) is 4.79 Å². The number of nitrogens with zero attached hydrogens (tertiary/aromatic N) is 3. The summed E-state index contributed by atoms with van der Waals surface area (Å²) >= 11 is 2.82. The Morgan fingerprint density at radius 3 is 2.58 bits per heavy atom. The van der Waals surface area contributed by atoms with Gasteiger partial charge in [-0.15, -0.1) is 21.5 Å². The summed E-state index contributed by atoms with van der Waals surface area (Å²) < 4.78 is 5.64. The maximum Gasteiger partial charge on any atom is 0.277 e. The second-order valence-corrected chi connectivity index (χ2v) is 8.65. The molecule has 0 aliphatic carbocycles. The van der Waals surface area contributed by atoms with Gasteiger partial charge in [-0.3, -0.25) is 4.79 Å². The van der Waals surface area contributed by atoms with Gasteiger partial charge < -0.3 is 9.32 Å². The summed E-state index contributed by atoms with van der Waals surface area (Å²) in [6, 6.07) is 13.9. The van der Waals surface area contributed by atoms with Gasteiger partial charge in [-0.1, -0.05) is 48.2 Å². The molecule has 1 aromatic carbocycles. The Kier molecular flexibility index (Phi) is 5.78. The molecule has 0 aliphatic heterocycles. The minimum atomic E-state index is -0.273. The van der Waals surface area contributed by atoms with Gasteiger partial charge in [-0.2, -0.15) is 0 Å². The number of thioether (sulfide) groups is 1. The molecule has 2 heterocycles. The molecule has 2 aromatic heterocycles. The number of thiophene rings is 1. The molecule has 0 N–H and O–H groups in total. The Morgan fingerprint density at radius 2 is 1.92 bits per heavy atom. The first-order chi connectivity index (χ1) is 12.4. The van der Waals surface area contributed by atoms with Crippen LogP contribution in [0.3, 0.4) is 0 Å². The van der Waals surface area contributed by atoms with Crippen molar-refractivity contribution in [2.45, 2.75) is 38.1 Å². The van der Waals surface area contributed by atoms with Crippen LogP contribution in [0.2, 0.25) is 0 Å². The van der Waals surface area contributed by atoms with E-state index < -0.39 is 0 Å². The second kappa shape index (κ2) is 8.05. The molecule has 0 bridgehead atoms. The summed E-state index contributed by atoms with van der Waals surface area (Å²) in [6.45, 7) is 6.70. The predicted octanol–water partition coefficient (Wildman–Crippen LogP) is 4.72. The summed E-state index contributed by atoms with van der Waals surface area (Å²) in [5, 5.41) is 10.4. The smallest absolute Gasteiger partial charge is 0.277 e. The number of carbonyl (C=O) groups is 1. The third-order valence-electron chi connectivity index (χ3n) is 3.75. The highest BCUT2D eigenvalue weighted by molar-refractivity contribution is 7.99. The van der Waals surface area contributed by atoms with Gasteiger partial charge >= 0.3 is 0 Å². The highest BCUT2D eigenvalue weighted by Crippen LogP contribution is 2.27. The lowest BCUT2D eigenvalue weighted by molar-refractivity contribution is -0.133. The molecule has 3 rings (SSSR count). The fraction of sp³-hybridized carbons (Fsp3) is 0.316. The molecule has 26 heavy (non-hydrogen) atoms. The molecule has 0 unspecified atom stereocenters. The molecule has 7 heteroatoms. The molecule has 136 valence electrons. The molecule has 1 amide bonds. The Morgan fingerprint density at radius 1 is 1.15 bits per heavy atom. The van der Waals surface area contributed by atoms with Crippen molar-refractivity contribution in [2.24, 2.45) is 0 Å². The summed E-state index contributed by atoms with van der Waals surface area (Å²) in [4.78, 5) is 15.6. The van der Waals surface area contributed by atoms with Crippen LogP contribution in [-0.4, -0.2) is 32.3 Å². The lowest BCUT2D eigenvalue weighted by atomic mass is 10.0. The van der Waals surface area contributed by atoms with Crippen LogP contribution in [0.25, 0.3) is 10.8 Å². The largest absolute Gasteiger partial charge is 0.410 e. The minimum absolute atomic E-state index is 0.0437. The van der Waals surface area contributed by atoms with Crippen molar-refractivity contribution >= 4 is 29.0 Å². The zero-order valence-electron chi connectivity index (χ0n) is 15.0. The first-order valence-corrected chi connectivity index (χ1v) is 10.1. The molecular formula is C19H21N3O2S2. The van der Waals surface area contributed by atoms with Gasteiger partial charge in [-0.05, 0) is 37.8 Å². The van der Waals surface area contributed by atoms with Gasteiger partial charge in [0.2, 0.25) is 5.91 Å².